The van der Waals surface area contributed by atoms with E-state index in [0.29, 0.717) is 17.7 Å². The monoisotopic (exact) mass is 419 g/mol. The van der Waals surface area contributed by atoms with Gasteiger partial charge in [0.15, 0.2) is 6.61 Å². The summed E-state index contributed by atoms with van der Waals surface area (Å²) in [5.41, 5.74) is 2.56. The summed E-state index contributed by atoms with van der Waals surface area (Å²) in [5, 5.41) is 3.43. The van der Waals surface area contributed by atoms with Crippen LogP contribution in [0, 0.1) is 0 Å². The summed E-state index contributed by atoms with van der Waals surface area (Å²) in [4.78, 5) is 51.0. The van der Waals surface area contributed by atoms with Gasteiger partial charge in [0.05, 0.1) is 0 Å². The van der Waals surface area contributed by atoms with Gasteiger partial charge in [-0.25, -0.2) is 9.59 Å². The highest BCUT2D eigenvalue weighted by molar-refractivity contribution is 7.14. The van der Waals surface area contributed by atoms with Gasteiger partial charge in [-0.3, -0.25) is 15.0 Å². The van der Waals surface area contributed by atoms with E-state index < -0.39 is 36.0 Å². The van der Waals surface area contributed by atoms with Crippen molar-refractivity contribution in [2.24, 2.45) is 0 Å². The first-order chi connectivity index (χ1) is 14.0. The summed E-state index contributed by atoms with van der Waals surface area (Å²) in [6.45, 7) is -0.550. The maximum Gasteiger partial charge on any atom is 0.348 e. The number of carbonyl (C=O) groups is 4. The number of hydrazine groups is 1. The van der Waals surface area contributed by atoms with Crippen molar-refractivity contribution in [2.45, 2.75) is 69.7 Å². The topological polar surface area (TPSA) is 105 Å². The fourth-order valence-corrected chi connectivity index (χ4v) is 5.49. The lowest BCUT2D eigenvalue weighted by Crippen LogP contribution is -2.51. The number of hydrogen-bond acceptors (Lipinski definition) is 6. The maximum atomic E-state index is 12.6. The number of ether oxygens (including phenoxy) is 1. The minimum atomic E-state index is -0.909. The van der Waals surface area contributed by atoms with Crippen molar-refractivity contribution in [2.75, 3.05) is 6.61 Å². The summed E-state index contributed by atoms with van der Waals surface area (Å²) in [5.74, 6) is -1.71. The zero-order valence-corrected chi connectivity index (χ0v) is 17.1. The van der Waals surface area contributed by atoms with Gasteiger partial charge in [-0.05, 0) is 50.2 Å². The number of urea groups is 1. The van der Waals surface area contributed by atoms with E-state index >= 15 is 0 Å². The molecule has 1 aromatic rings. The number of nitrogens with one attached hydrogen (secondary N) is 2. The fourth-order valence-electron chi connectivity index (χ4n) is 4.34. The number of esters is 1. The Morgan fingerprint density at radius 2 is 1.83 bits per heavy atom. The number of fused-ring (bicyclic) bond motifs is 1. The normalized spacial score (nSPS) is 20.8. The van der Waals surface area contributed by atoms with E-state index in [1.165, 1.54) is 28.2 Å². The second-order valence-corrected chi connectivity index (χ2v) is 9.08. The molecule has 0 aromatic carbocycles. The Morgan fingerprint density at radius 1 is 1.10 bits per heavy atom. The van der Waals surface area contributed by atoms with Crippen molar-refractivity contribution in [1.82, 2.24) is 15.8 Å². The fraction of sp³-hybridized carbons (Fsp3) is 0.600. The molecule has 0 atom stereocenters. The van der Waals surface area contributed by atoms with Gasteiger partial charge in [-0.1, -0.05) is 25.7 Å². The van der Waals surface area contributed by atoms with E-state index in [-0.39, 0.29) is 0 Å². The number of rotatable bonds is 4. The van der Waals surface area contributed by atoms with Crippen LogP contribution in [0.25, 0.3) is 0 Å². The molecule has 4 amide bonds. The Hall–Kier alpha value is -2.42. The van der Waals surface area contributed by atoms with Crippen molar-refractivity contribution in [1.29, 1.82) is 0 Å². The molecule has 2 fully saturated rings. The molecule has 1 spiro atoms. The molecule has 2 aliphatic carbocycles. The number of nitrogens with zero attached hydrogens (tertiary/aromatic N) is 1. The van der Waals surface area contributed by atoms with Crippen LogP contribution >= 0.6 is 11.3 Å². The van der Waals surface area contributed by atoms with E-state index in [1.54, 1.807) is 0 Å². The molecule has 0 bridgehead atoms. The predicted molar refractivity (Wildman–Crippen MR) is 105 cm³/mol. The minimum absolute atomic E-state index is 0.441. The van der Waals surface area contributed by atoms with E-state index in [9.17, 15) is 19.2 Å². The summed E-state index contributed by atoms with van der Waals surface area (Å²) in [6.07, 6.45) is 9.27. The molecule has 9 heteroatoms. The molecule has 156 valence electrons. The lowest BCUT2D eigenvalue weighted by atomic mass is 9.82. The van der Waals surface area contributed by atoms with Gasteiger partial charge in [-0.15, -0.1) is 11.3 Å². The standard InChI is InChI=1S/C20H25N3O5S/c24-16(22-23-18(26)20(21-19(23)27)9-5-2-6-10-20)12-28-17(25)15-11-13-7-3-1-4-8-14(13)29-15/h11H,1-10,12H2,(H,21,27)(H,22,24). The molecule has 3 aliphatic rings. The van der Waals surface area contributed by atoms with Gasteiger partial charge in [0, 0.05) is 4.88 Å². The number of thiophene rings is 1. The van der Waals surface area contributed by atoms with Crippen molar-refractivity contribution in [3.63, 3.8) is 0 Å². The SMILES string of the molecule is O=C(COC(=O)c1cc2c(s1)CCCCC2)NN1C(=O)NC2(CCCCC2)C1=O. The molecule has 8 nitrogen and oxygen atoms in total. The van der Waals surface area contributed by atoms with Crippen LogP contribution in [-0.2, 0) is 27.2 Å². The molecule has 4 rings (SSSR count). The third-order valence-electron chi connectivity index (χ3n) is 5.89. The molecule has 2 N–H and O–H groups in total. The van der Waals surface area contributed by atoms with Crippen LogP contribution in [0.1, 0.15) is 71.5 Å². The number of amides is 4. The molecule has 29 heavy (non-hydrogen) atoms. The van der Waals surface area contributed by atoms with Crippen LogP contribution in [0.3, 0.4) is 0 Å². The zero-order chi connectivity index (χ0) is 20.4. The van der Waals surface area contributed by atoms with Gasteiger partial charge in [0.25, 0.3) is 11.8 Å². The lowest BCUT2D eigenvalue weighted by molar-refractivity contribution is -0.140. The molecular formula is C20H25N3O5S. The van der Waals surface area contributed by atoms with E-state index in [1.807, 2.05) is 6.07 Å². The second-order valence-electron chi connectivity index (χ2n) is 7.94. The first-order valence-corrected chi connectivity index (χ1v) is 11.0. The van der Waals surface area contributed by atoms with Crippen LogP contribution in [0.2, 0.25) is 0 Å². The highest BCUT2D eigenvalue weighted by Gasteiger charge is 2.52. The molecule has 1 aromatic heterocycles. The van der Waals surface area contributed by atoms with Crippen LogP contribution in [0.5, 0.6) is 0 Å². The van der Waals surface area contributed by atoms with Gasteiger partial charge in [0.1, 0.15) is 10.4 Å². The van der Waals surface area contributed by atoms with E-state index in [0.717, 1.165) is 50.0 Å². The summed E-state index contributed by atoms with van der Waals surface area (Å²) < 4.78 is 5.11. The Morgan fingerprint density at radius 3 is 2.62 bits per heavy atom. The quantitative estimate of drug-likeness (QED) is 0.443. The molecule has 0 radical (unpaired) electrons. The number of hydrogen-bond donors (Lipinski definition) is 2. The van der Waals surface area contributed by atoms with Crippen molar-refractivity contribution < 1.29 is 23.9 Å². The molecule has 2 heterocycles. The summed E-state index contributed by atoms with van der Waals surface area (Å²) >= 11 is 1.42. The maximum absolute atomic E-state index is 12.6. The smallest absolute Gasteiger partial charge is 0.348 e. The largest absolute Gasteiger partial charge is 0.451 e. The van der Waals surface area contributed by atoms with Crippen LogP contribution in [0.4, 0.5) is 4.79 Å². The Labute approximate surface area is 172 Å². The second kappa shape index (κ2) is 8.14. The Kier molecular flexibility index (Phi) is 5.58. The van der Waals surface area contributed by atoms with Crippen LogP contribution in [-0.4, -0.2) is 41.0 Å². The molecule has 0 unspecified atom stereocenters. The Bertz CT molecular complexity index is 820. The highest BCUT2D eigenvalue weighted by atomic mass is 32.1. The predicted octanol–water partition coefficient (Wildman–Crippen LogP) is 2.46. The van der Waals surface area contributed by atoms with E-state index in [4.69, 9.17) is 4.74 Å². The highest BCUT2D eigenvalue weighted by Crippen LogP contribution is 2.33. The van der Waals surface area contributed by atoms with Crippen molar-refractivity contribution in [3.05, 3.63) is 21.4 Å². The molecule has 1 saturated heterocycles. The average Bonchev–Trinajstić information content (AvgIpc) is 3.11. The zero-order valence-electron chi connectivity index (χ0n) is 16.3. The number of aryl methyl sites for hydroxylation is 2. The average molecular weight is 420 g/mol. The lowest BCUT2D eigenvalue weighted by Gasteiger charge is -2.30. The molecule has 1 aliphatic heterocycles. The first-order valence-electron chi connectivity index (χ1n) is 10.2. The molecule has 1 saturated carbocycles. The van der Waals surface area contributed by atoms with Gasteiger partial charge in [0.2, 0.25) is 0 Å². The van der Waals surface area contributed by atoms with E-state index in [2.05, 4.69) is 10.7 Å². The number of carbonyl (C=O) groups excluding carboxylic acids is 4. The van der Waals surface area contributed by atoms with Gasteiger partial charge < -0.3 is 10.1 Å². The summed E-state index contributed by atoms with van der Waals surface area (Å²) in [7, 11) is 0. The number of imide groups is 1. The van der Waals surface area contributed by atoms with Gasteiger partial charge >= 0.3 is 12.0 Å². The van der Waals surface area contributed by atoms with Crippen LogP contribution in [0.15, 0.2) is 6.07 Å². The van der Waals surface area contributed by atoms with Crippen molar-refractivity contribution in [3.8, 4) is 0 Å². The van der Waals surface area contributed by atoms with Gasteiger partial charge in [-0.2, -0.15) is 5.01 Å². The van der Waals surface area contributed by atoms with Crippen LogP contribution < -0.4 is 10.7 Å². The Balaban J connectivity index is 1.31. The third-order valence-corrected chi connectivity index (χ3v) is 7.10. The first kappa shape index (κ1) is 19.9. The van der Waals surface area contributed by atoms with Crippen molar-refractivity contribution >= 4 is 35.2 Å². The minimum Gasteiger partial charge on any atom is -0.451 e. The summed E-state index contributed by atoms with van der Waals surface area (Å²) in [6, 6.07) is 1.22. The third kappa shape index (κ3) is 4.01. The molecular weight excluding hydrogens is 394 g/mol.